The molecular formula is C14H26O5. The molecule has 3 aliphatic heterocycles. The fourth-order valence-corrected chi connectivity index (χ4v) is 1.57. The second-order valence-electron chi connectivity index (χ2n) is 5.34. The minimum atomic E-state index is 0.156. The molecule has 4 unspecified atom stereocenters. The summed E-state index contributed by atoms with van der Waals surface area (Å²) in [6, 6.07) is 0. The Balaban J connectivity index is 0.000000186. The van der Waals surface area contributed by atoms with E-state index in [1.807, 2.05) is 6.92 Å². The van der Waals surface area contributed by atoms with Crippen LogP contribution in [-0.4, -0.2) is 64.1 Å². The summed E-state index contributed by atoms with van der Waals surface area (Å²) in [5, 5.41) is 0. The third-order valence-electron chi connectivity index (χ3n) is 3.04. The highest BCUT2D eigenvalue weighted by atomic mass is 16.6. The molecule has 4 atom stereocenters. The van der Waals surface area contributed by atoms with Crippen LogP contribution in [0.1, 0.15) is 26.7 Å². The van der Waals surface area contributed by atoms with Crippen molar-refractivity contribution >= 4 is 0 Å². The first-order valence-corrected chi connectivity index (χ1v) is 7.32. The largest absolute Gasteiger partial charge is 0.376 e. The molecule has 5 nitrogen and oxygen atoms in total. The summed E-state index contributed by atoms with van der Waals surface area (Å²) < 4.78 is 25.8. The Morgan fingerprint density at radius 1 is 1.00 bits per heavy atom. The van der Waals surface area contributed by atoms with Gasteiger partial charge in [-0.25, -0.2) is 0 Å². The lowest BCUT2D eigenvalue weighted by molar-refractivity contribution is -0.0146. The van der Waals surface area contributed by atoms with Gasteiger partial charge in [-0.2, -0.15) is 0 Å². The first-order chi connectivity index (χ1) is 9.28. The molecule has 5 heteroatoms. The highest BCUT2D eigenvalue weighted by Gasteiger charge is 2.24. The summed E-state index contributed by atoms with van der Waals surface area (Å²) in [6.07, 6.45) is 4.02. The standard InChI is InChI=1S/C9H16O4.C5H10O/c1-7(11-4-9-6-13-9)2-10-3-8-5-12-8;1-2-3-5-4-6-5/h7-9H,2-6H2,1H3;5H,2-4H2,1H3. The predicted octanol–water partition coefficient (Wildman–Crippen LogP) is 1.39. The third-order valence-corrected chi connectivity index (χ3v) is 3.04. The maximum Gasteiger partial charge on any atom is 0.104 e. The van der Waals surface area contributed by atoms with E-state index in [0.29, 0.717) is 38.1 Å². The van der Waals surface area contributed by atoms with Crippen LogP contribution in [-0.2, 0) is 23.7 Å². The minimum absolute atomic E-state index is 0.156. The summed E-state index contributed by atoms with van der Waals surface area (Å²) in [5.41, 5.74) is 0. The van der Waals surface area contributed by atoms with E-state index in [9.17, 15) is 0 Å². The SMILES string of the molecule is CC(COCC1CO1)OCC1CO1.CCCC1CO1. The summed E-state index contributed by atoms with van der Waals surface area (Å²) in [6.45, 7) is 8.96. The van der Waals surface area contributed by atoms with Gasteiger partial charge in [-0.3, -0.25) is 0 Å². The van der Waals surface area contributed by atoms with Crippen LogP contribution in [0.5, 0.6) is 0 Å². The average Bonchev–Trinajstić information content (AvgIpc) is 3.26. The van der Waals surface area contributed by atoms with E-state index in [0.717, 1.165) is 19.8 Å². The minimum Gasteiger partial charge on any atom is -0.376 e. The molecule has 0 aliphatic carbocycles. The van der Waals surface area contributed by atoms with Gasteiger partial charge >= 0.3 is 0 Å². The fourth-order valence-electron chi connectivity index (χ4n) is 1.57. The van der Waals surface area contributed by atoms with Gasteiger partial charge in [0.15, 0.2) is 0 Å². The molecule has 0 amide bonds. The van der Waals surface area contributed by atoms with Gasteiger partial charge in [0, 0.05) is 0 Å². The highest BCUT2D eigenvalue weighted by molar-refractivity contribution is 4.69. The van der Waals surface area contributed by atoms with Gasteiger partial charge in [0.05, 0.1) is 51.8 Å². The Morgan fingerprint density at radius 3 is 2.05 bits per heavy atom. The molecule has 19 heavy (non-hydrogen) atoms. The maximum atomic E-state index is 5.48. The second-order valence-corrected chi connectivity index (χ2v) is 5.34. The van der Waals surface area contributed by atoms with E-state index in [-0.39, 0.29) is 6.10 Å². The molecule has 3 aliphatic rings. The molecule has 0 radical (unpaired) electrons. The van der Waals surface area contributed by atoms with Crippen LogP contribution in [0.4, 0.5) is 0 Å². The number of hydrogen-bond donors (Lipinski definition) is 0. The Morgan fingerprint density at radius 2 is 1.58 bits per heavy atom. The Kier molecular flexibility index (Phi) is 6.53. The molecule has 0 bridgehead atoms. The van der Waals surface area contributed by atoms with Crippen LogP contribution in [0.3, 0.4) is 0 Å². The van der Waals surface area contributed by atoms with Crippen LogP contribution >= 0.6 is 0 Å². The summed E-state index contributed by atoms with van der Waals surface area (Å²) in [5.74, 6) is 0. The zero-order chi connectivity index (χ0) is 13.5. The predicted molar refractivity (Wildman–Crippen MR) is 70.4 cm³/mol. The number of epoxide rings is 3. The lowest BCUT2D eigenvalue weighted by Crippen LogP contribution is -2.19. The van der Waals surface area contributed by atoms with Gasteiger partial charge < -0.3 is 23.7 Å². The van der Waals surface area contributed by atoms with Crippen molar-refractivity contribution in [2.75, 3.05) is 39.6 Å². The summed E-state index contributed by atoms with van der Waals surface area (Å²) in [7, 11) is 0. The molecular weight excluding hydrogens is 248 g/mol. The fraction of sp³-hybridized carbons (Fsp3) is 1.00. The molecule has 3 heterocycles. The third kappa shape index (κ3) is 8.55. The van der Waals surface area contributed by atoms with Crippen LogP contribution < -0.4 is 0 Å². The zero-order valence-corrected chi connectivity index (χ0v) is 12.0. The topological polar surface area (TPSA) is 56.0 Å². The number of rotatable bonds is 9. The quantitative estimate of drug-likeness (QED) is 0.595. The van der Waals surface area contributed by atoms with Crippen molar-refractivity contribution in [2.24, 2.45) is 0 Å². The van der Waals surface area contributed by atoms with Gasteiger partial charge in [-0.1, -0.05) is 13.3 Å². The Bertz CT molecular complexity index is 236. The van der Waals surface area contributed by atoms with Gasteiger partial charge in [-0.05, 0) is 13.3 Å². The molecule has 0 spiro atoms. The number of hydrogen-bond acceptors (Lipinski definition) is 5. The van der Waals surface area contributed by atoms with Crippen molar-refractivity contribution in [2.45, 2.75) is 51.1 Å². The van der Waals surface area contributed by atoms with Crippen LogP contribution in [0.2, 0.25) is 0 Å². The van der Waals surface area contributed by atoms with Crippen LogP contribution in [0.25, 0.3) is 0 Å². The number of ether oxygens (including phenoxy) is 5. The highest BCUT2D eigenvalue weighted by Crippen LogP contribution is 2.14. The van der Waals surface area contributed by atoms with Gasteiger partial charge in [-0.15, -0.1) is 0 Å². The lowest BCUT2D eigenvalue weighted by atomic mass is 10.3. The molecule has 0 saturated carbocycles. The van der Waals surface area contributed by atoms with Crippen molar-refractivity contribution in [1.29, 1.82) is 0 Å². The maximum absolute atomic E-state index is 5.48. The summed E-state index contributed by atoms with van der Waals surface area (Å²) in [4.78, 5) is 0. The normalized spacial score (nSPS) is 32.2. The first kappa shape index (κ1) is 15.2. The van der Waals surface area contributed by atoms with Crippen molar-refractivity contribution < 1.29 is 23.7 Å². The van der Waals surface area contributed by atoms with Crippen molar-refractivity contribution in [1.82, 2.24) is 0 Å². The molecule has 3 saturated heterocycles. The molecule has 0 N–H and O–H groups in total. The molecule has 0 aromatic carbocycles. The molecule has 0 aromatic heterocycles. The van der Waals surface area contributed by atoms with E-state index < -0.39 is 0 Å². The van der Waals surface area contributed by atoms with Crippen molar-refractivity contribution in [3.05, 3.63) is 0 Å². The van der Waals surface area contributed by atoms with Crippen LogP contribution in [0, 0.1) is 0 Å². The zero-order valence-electron chi connectivity index (χ0n) is 12.0. The van der Waals surface area contributed by atoms with Gasteiger partial charge in [0.1, 0.15) is 12.2 Å². The van der Waals surface area contributed by atoms with Crippen molar-refractivity contribution in [3.8, 4) is 0 Å². The van der Waals surface area contributed by atoms with Gasteiger partial charge in [0.25, 0.3) is 0 Å². The average molecular weight is 274 g/mol. The van der Waals surface area contributed by atoms with E-state index in [2.05, 4.69) is 6.92 Å². The molecule has 3 fully saturated rings. The van der Waals surface area contributed by atoms with Crippen LogP contribution in [0.15, 0.2) is 0 Å². The second kappa shape index (κ2) is 8.17. The molecule has 3 rings (SSSR count). The smallest absolute Gasteiger partial charge is 0.104 e. The first-order valence-electron chi connectivity index (χ1n) is 7.32. The monoisotopic (exact) mass is 274 g/mol. The van der Waals surface area contributed by atoms with E-state index in [4.69, 9.17) is 23.7 Å². The van der Waals surface area contributed by atoms with E-state index in [1.165, 1.54) is 12.8 Å². The molecule has 112 valence electrons. The Labute approximate surface area is 115 Å². The Hall–Kier alpha value is -0.200. The van der Waals surface area contributed by atoms with Crippen molar-refractivity contribution in [3.63, 3.8) is 0 Å². The lowest BCUT2D eigenvalue weighted by Gasteiger charge is -2.11. The molecule has 0 aromatic rings. The van der Waals surface area contributed by atoms with E-state index in [1.54, 1.807) is 0 Å². The van der Waals surface area contributed by atoms with E-state index >= 15 is 0 Å². The summed E-state index contributed by atoms with van der Waals surface area (Å²) >= 11 is 0. The van der Waals surface area contributed by atoms with Gasteiger partial charge in [0.2, 0.25) is 0 Å².